The Hall–Kier alpha value is -2.34. The smallest absolute Gasteiger partial charge is 0.333 e. The van der Waals surface area contributed by atoms with E-state index < -0.39 is 0 Å². The molecule has 0 saturated carbocycles. The number of unbranched alkanes of at least 4 members (excludes halogenated alkanes) is 7. The van der Waals surface area contributed by atoms with Gasteiger partial charge in [0.2, 0.25) is 0 Å². The Morgan fingerprint density at radius 3 is 2.29 bits per heavy atom. The predicted octanol–water partition coefficient (Wildman–Crippen LogP) is 5.78. The molecule has 0 N–H and O–H groups in total. The number of ether oxygens (including phenoxy) is 1. The lowest BCUT2D eigenvalue weighted by Gasteiger charge is -2.09. The standard InChI is InChI=1S/C25H34N2O3S/c1-20(2)24(29)30-17-13-8-6-4-5-7-9-14-18-31-25-26-19-22(23(28)27(25)3)21-15-11-10-12-16-21/h10-12,15-16,19H,1,4-9,13-14,17-18H2,2-3H3. The zero-order valence-corrected chi connectivity index (χ0v) is 19.6. The van der Waals surface area contributed by atoms with Crippen LogP contribution in [0.25, 0.3) is 11.1 Å². The molecule has 0 bridgehead atoms. The molecule has 1 heterocycles. The van der Waals surface area contributed by atoms with Crippen molar-refractivity contribution < 1.29 is 9.53 Å². The van der Waals surface area contributed by atoms with Gasteiger partial charge in [0.25, 0.3) is 5.56 Å². The summed E-state index contributed by atoms with van der Waals surface area (Å²) in [5.41, 5.74) is 2.00. The molecule has 0 atom stereocenters. The molecule has 0 aliphatic rings. The monoisotopic (exact) mass is 442 g/mol. The van der Waals surface area contributed by atoms with Crippen molar-refractivity contribution in [2.45, 2.75) is 63.4 Å². The van der Waals surface area contributed by atoms with E-state index in [-0.39, 0.29) is 11.5 Å². The molecule has 2 aromatic rings. The topological polar surface area (TPSA) is 61.2 Å². The van der Waals surface area contributed by atoms with E-state index >= 15 is 0 Å². The van der Waals surface area contributed by atoms with Gasteiger partial charge in [0.15, 0.2) is 5.16 Å². The average Bonchev–Trinajstić information content (AvgIpc) is 2.77. The quantitative estimate of drug-likeness (QED) is 0.122. The third-order valence-corrected chi connectivity index (χ3v) is 6.19. The SMILES string of the molecule is C=C(C)C(=O)OCCCCCCCCCCSc1ncc(-c2ccccc2)c(=O)n1C. The Morgan fingerprint density at radius 1 is 1.03 bits per heavy atom. The van der Waals surface area contributed by atoms with Crippen LogP contribution in [0.15, 0.2) is 58.6 Å². The van der Waals surface area contributed by atoms with Crippen molar-refractivity contribution in [1.82, 2.24) is 9.55 Å². The van der Waals surface area contributed by atoms with Gasteiger partial charge in [-0.15, -0.1) is 0 Å². The van der Waals surface area contributed by atoms with Gasteiger partial charge < -0.3 is 4.74 Å². The zero-order chi connectivity index (χ0) is 22.5. The summed E-state index contributed by atoms with van der Waals surface area (Å²) in [5.74, 6) is 0.680. The molecule has 5 nitrogen and oxygen atoms in total. The molecule has 0 radical (unpaired) electrons. The van der Waals surface area contributed by atoms with Crippen LogP contribution in [0.1, 0.15) is 58.3 Å². The van der Waals surface area contributed by atoms with E-state index in [9.17, 15) is 9.59 Å². The fraction of sp³-hybridized carbons (Fsp3) is 0.480. The van der Waals surface area contributed by atoms with Crippen LogP contribution < -0.4 is 5.56 Å². The van der Waals surface area contributed by atoms with Gasteiger partial charge in [0.05, 0.1) is 12.2 Å². The van der Waals surface area contributed by atoms with Crippen LogP contribution in [0.5, 0.6) is 0 Å². The van der Waals surface area contributed by atoms with Crippen LogP contribution in [0.4, 0.5) is 0 Å². The number of esters is 1. The summed E-state index contributed by atoms with van der Waals surface area (Å²) in [4.78, 5) is 28.4. The highest BCUT2D eigenvalue weighted by Crippen LogP contribution is 2.19. The van der Waals surface area contributed by atoms with Crippen molar-refractivity contribution in [2.75, 3.05) is 12.4 Å². The predicted molar refractivity (Wildman–Crippen MR) is 128 cm³/mol. The number of carbonyl (C=O) groups is 1. The minimum atomic E-state index is -0.291. The maximum atomic E-state index is 12.6. The fourth-order valence-corrected chi connectivity index (χ4v) is 4.13. The van der Waals surface area contributed by atoms with Crippen molar-refractivity contribution in [3.8, 4) is 11.1 Å². The molecule has 0 spiro atoms. The maximum absolute atomic E-state index is 12.6. The lowest BCUT2D eigenvalue weighted by atomic mass is 10.1. The number of carbonyl (C=O) groups excluding carboxylic acids is 1. The van der Waals surface area contributed by atoms with Crippen LogP contribution in [-0.2, 0) is 16.6 Å². The maximum Gasteiger partial charge on any atom is 0.333 e. The Labute approximate surface area is 189 Å². The largest absolute Gasteiger partial charge is 0.462 e. The van der Waals surface area contributed by atoms with Crippen LogP contribution in [0.3, 0.4) is 0 Å². The Balaban J connectivity index is 1.55. The number of hydrogen-bond donors (Lipinski definition) is 0. The van der Waals surface area contributed by atoms with Crippen LogP contribution in [0.2, 0.25) is 0 Å². The zero-order valence-electron chi connectivity index (χ0n) is 18.8. The minimum Gasteiger partial charge on any atom is -0.462 e. The molecule has 1 aromatic carbocycles. The summed E-state index contributed by atoms with van der Waals surface area (Å²) >= 11 is 1.65. The second-order valence-electron chi connectivity index (χ2n) is 7.78. The van der Waals surface area contributed by atoms with Crippen LogP contribution in [0, 0.1) is 0 Å². The number of rotatable bonds is 14. The van der Waals surface area contributed by atoms with Gasteiger partial charge in [-0.3, -0.25) is 9.36 Å². The normalized spacial score (nSPS) is 10.8. The third-order valence-electron chi connectivity index (χ3n) is 5.06. The molecule has 168 valence electrons. The molecule has 0 amide bonds. The first kappa shape index (κ1) is 24.9. The Morgan fingerprint density at radius 2 is 1.65 bits per heavy atom. The molecule has 1 aromatic heterocycles. The molecule has 6 heteroatoms. The summed E-state index contributed by atoms with van der Waals surface area (Å²) in [6.07, 6.45) is 10.9. The molecule has 0 aliphatic carbocycles. The highest BCUT2D eigenvalue weighted by Gasteiger charge is 2.09. The summed E-state index contributed by atoms with van der Waals surface area (Å²) in [7, 11) is 1.80. The lowest BCUT2D eigenvalue weighted by molar-refractivity contribution is -0.139. The molecule has 0 saturated heterocycles. The molecule has 2 rings (SSSR count). The van der Waals surface area contributed by atoms with Crippen LogP contribution in [-0.4, -0.2) is 27.9 Å². The summed E-state index contributed by atoms with van der Waals surface area (Å²) in [6, 6.07) is 9.67. The average molecular weight is 443 g/mol. The van der Waals surface area contributed by atoms with Crippen molar-refractivity contribution in [1.29, 1.82) is 0 Å². The fourth-order valence-electron chi connectivity index (χ4n) is 3.20. The third kappa shape index (κ3) is 8.74. The van der Waals surface area contributed by atoms with Gasteiger partial charge in [-0.05, 0) is 25.3 Å². The van der Waals surface area contributed by atoms with Crippen molar-refractivity contribution in [2.24, 2.45) is 7.05 Å². The van der Waals surface area contributed by atoms with Gasteiger partial charge in [-0.2, -0.15) is 0 Å². The highest BCUT2D eigenvalue weighted by atomic mass is 32.2. The van der Waals surface area contributed by atoms with Crippen molar-refractivity contribution in [3.05, 3.63) is 59.0 Å². The number of benzene rings is 1. The number of aromatic nitrogens is 2. The van der Waals surface area contributed by atoms with Crippen molar-refractivity contribution >= 4 is 17.7 Å². The summed E-state index contributed by atoms with van der Waals surface area (Å²) in [5, 5.41) is 0.775. The van der Waals surface area contributed by atoms with Crippen LogP contribution >= 0.6 is 11.8 Å². The van der Waals surface area contributed by atoms with E-state index in [1.807, 2.05) is 30.3 Å². The summed E-state index contributed by atoms with van der Waals surface area (Å²) in [6.45, 7) is 5.73. The highest BCUT2D eigenvalue weighted by molar-refractivity contribution is 7.99. The number of thioether (sulfide) groups is 1. The summed E-state index contributed by atoms with van der Waals surface area (Å²) < 4.78 is 6.74. The first-order chi connectivity index (χ1) is 15.0. The molecule has 0 fully saturated rings. The van der Waals surface area contributed by atoms with Gasteiger partial charge in [-0.1, -0.05) is 87.2 Å². The van der Waals surface area contributed by atoms with E-state index in [1.54, 1.807) is 36.5 Å². The number of hydrogen-bond acceptors (Lipinski definition) is 5. The molecular formula is C25H34N2O3S. The van der Waals surface area contributed by atoms with E-state index in [0.29, 0.717) is 17.7 Å². The van der Waals surface area contributed by atoms with E-state index in [1.165, 1.54) is 32.1 Å². The second-order valence-corrected chi connectivity index (χ2v) is 8.84. The molecule has 0 unspecified atom stereocenters. The molecule has 0 aliphatic heterocycles. The van der Waals surface area contributed by atoms with E-state index in [2.05, 4.69) is 11.6 Å². The Kier molecular flexibility index (Phi) is 11.1. The van der Waals surface area contributed by atoms with Gasteiger partial charge in [0, 0.05) is 24.6 Å². The van der Waals surface area contributed by atoms with Gasteiger partial charge in [-0.25, -0.2) is 9.78 Å². The van der Waals surface area contributed by atoms with Gasteiger partial charge >= 0.3 is 5.97 Å². The second kappa shape index (κ2) is 13.9. The van der Waals surface area contributed by atoms with E-state index in [0.717, 1.165) is 35.7 Å². The molecular weight excluding hydrogens is 408 g/mol. The Bertz CT molecular complexity index is 893. The van der Waals surface area contributed by atoms with E-state index in [4.69, 9.17) is 4.74 Å². The lowest BCUT2D eigenvalue weighted by Crippen LogP contribution is -2.21. The number of nitrogens with zero attached hydrogens (tertiary/aromatic N) is 2. The van der Waals surface area contributed by atoms with Crippen molar-refractivity contribution in [3.63, 3.8) is 0 Å². The van der Waals surface area contributed by atoms with Gasteiger partial charge in [0.1, 0.15) is 0 Å². The first-order valence-corrected chi connectivity index (χ1v) is 12.1. The molecule has 31 heavy (non-hydrogen) atoms. The minimum absolute atomic E-state index is 0.00177. The first-order valence-electron chi connectivity index (χ1n) is 11.1.